The molecule has 0 unspecified atom stereocenters. The van der Waals surface area contributed by atoms with Gasteiger partial charge in [-0.2, -0.15) is 4.98 Å². The molecule has 2 aromatic carbocycles. The van der Waals surface area contributed by atoms with Crippen LogP contribution in [0.1, 0.15) is 36.8 Å². The molecule has 1 fully saturated rings. The van der Waals surface area contributed by atoms with Crippen LogP contribution in [0.5, 0.6) is 0 Å². The number of likely N-dealkylation sites (tertiary alicyclic amines) is 1. The molecule has 2 N–H and O–H groups in total. The number of carbonyl (C=O) groups is 1. The molecule has 158 valence electrons. The van der Waals surface area contributed by atoms with Crippen LogP contribution in [0, 0.1) is 5.82 Å². The fraction of sp³-hybridized carbons (Fsp3) is 0.318. The predicted molar refractivity (Wildman–Crippen MR) is 113 cm³/mol. The minimum absolute atomic E-state index is 0. The Bertz CT molecular complexity index is 982. The number of nitrogens with zero attached hydrogens (tertiary/aromatic N) is 3. The van der Waals surface area contributed by atoms with E-state index in [1.54, 1.807) is 23.1 Å². The lowest BCUT2D eigenvalue weighted by molar-refractivity contribution is -0.132. The van der Waals surface area contributed by atoms with E-state index in [-0.39, 0.29) is 36.6 Å². The third-order valence-electron chi connectivity index (χ3n) is 5.21. The van der Waals surface area contributed by atoms with Crippen molar-refractivity contribution in [1.82, 2.24) is 15.0 Å². The van der Waals surface area contributed by atoms with Crippen LogP contribution in [0.4, 0.5) is 4.39 Å². The monoisotopic (exact) mass is 430 g/mol. The van der Waals surface area contributed by atoms with Crippen molar-refractivity contribution in [3.8, 4) is 11.4 Å². The molecule has 1 amide bonds. The van der Waals surface area contributed by atoms with Gasteiger partial charge in [0.25, 0.3) is 0 Å². The summed E-state index contributed by atoms with van der Waals surface area (Å²) in [7, 11) is 0. The summed E-state index contributed by atoms with van der Waals surface area (Å²) in [4.78, 5) is 19.1. The maximum atomic E-state index is 13.8. The van der Waals surface area contributed by atoms with E-state index in [0.717, 1.165) is 18.4 Å². The van der Waals surface area contributed by atoms with Crippen molar-refractivity contribution in [2.24, 2.45) is 5.73 Å². The van der Waals surface area contributed by atoms with E-state index in [9.17, 15) is 9.18 Å². The van der Waals surface area contributed by atoms with Gasteiger partial charge < -0.3 is 15.2 Å². The molecule has 3 aromatic rings. The lowest BCUT2D eigenvalue weighted by Gasteiger charge is -2.23. The minimum atomic E-state index is -0.455. The van der Waals surface area contributed by atoms with Crippen molar-refractivity contribution in [3.63, 3.8) is 0 Å². The van der Waals surface area contributed by atoms with Gasteiger partial charge in [0.1, 0.15) is 11.9 Å². The summed E-state index contributed by atoms with van der Waals surface area (Å²) in [5.41, 5.74) is 7.53. The molecule has 0 radical (unpaired) electrons. The highest BCUT2D eigenvalue weighted by Gasteiger charge is 2.34. The highest BCUT2D eigenvalue weighted by Crippen LogP contribution is 2.32. The van der Waals surface area contributed by atoms with E-state index < -0.39 is 6.04 Å². The number of halogens is 2. The molecule has 8 heteroatoms. The Morgan fingerprint density at radius 3 is 2.70 bits per heavy atom. The molecule has 30 heavy (non-hydrogen) atoms. The Balaban J connectivity index is 0.00000256. The number of nitrogens with two attached hydrogens (primary N) is 1. The van der Waals surface area contributed by atoms with Crippen molar-refractivity contribution in [2.75, 3.05) is 6.54 Å². The smallest absolute Gasteiger partial charge is 0.249 e. The predicted octanol–water partition coefficient (Wildman–Crippen LogP) is 3.92. The van der Waals surface area contributed by atoms with Crippen molar-refractivity contribution >= 4 is 18.3 Å². The van der Waals surface area contributed by atoms with Gasteiger partial charge in [-0.3, -0.25) is 4.79 Å². The van der Waals surface area contributed by atoms with E-state index in [4.69, 9.17) is 10.3 Å². The number of hydrogen-bond acceptors (Lipinski definition) is 5. The lowest BCUT2D eigenvalue weighted by Crippen LogP contribution is -2.36. The average Bonchev–Trinajstić information content (AvgIpc) is 3.40. The number of benzene rings is 2. The van der Waals surface area contributed by atoms with Gasteiger partial charge in [0.2, 0.25) is 17.6 Å². The third-order valence-corrected chi connectivity index (χ3v) is 5.21. The van der Waals surface area contributed by atoms with Crippen LogP contribution in [0.2, 0.25) is 0 Å². The van der Waals surface area contributed by atoms with Crippen LogP contribution in [0.3, 0.4) is 0 Å². The first-order valence-corrected chi connectivity index (χ1v) is 9.79. The van der Waals surface area contributed by atoms with Gasteiger partial charge in [0.15, 0.2) is 0 Å². The number of carbonyl (C=O) groups excluding carboxylic acids is 1. The van der Waals surface area contributed by atoms with Gasteiger partial charge in [-0.05, 0) is 30.9 Å². The standard InChI is InChI=1S/C22H23FN4O2.ClH/c23-18-10-5-4-9-16(18)13-17(24)14-20(28)27-12-6-11-19(27)22-25-21(26-29-22)15-7-2-1-3-8-15;/h1-5,7-10,17,19H,6,11-14,24H2;1H/t17-,19+;/m1./s1. The fourth-order valence-corrected chi connectivity index (χ4v) is 3.76. The largest absolute Gasteiger partial charge is 0.337 e. The van der Waals surface area contributed by atoms with Crippen LogP contribution < -0.4 is 5.73 Å². The molecule has 1 aromatic heterocycles. The van der Waals surface area contributed by atoms with Gasteiger partial charge in [-0.15, -0.1) is 12.4 Å². The second-order valence-electron chi connectivity index (χ2n) is 7.33. The molecule has 0 aliphatic carbocycles. The molecule has 0 saturated carbocycles. The molecule has 2 atom stereocenters. The van der Waals surface area contributed by atoms with Gasteiger partial charge in [-0.1, -0.05) is 53.7 Å². The molecule has 1 aliphatic heterocycles. The van der Waals surface area contributed by atoms with E-state index >= 15 is 0 Å². The van der Waals surface area contributed by atoms with Gasteiger partial charge in [0.05, 0.1) is 0 Å². The molecule has 0 bridgehead atoms. The summed E-state index contributed by atoms with van der Waals surface area (Å²) < 4.78 is 19.3. The maximum Gasteiger partial charge on any atom is 0.249 e. The molecular weight excluding hydrogens is 407 g/mol. The van der Waals surface area contributed by atoms with Crippen molar-refractivity contribution < 1.29 is 13.7 Å². The fourth-order valence-electron chi connectivity index (χ4n) is 3.76. The van der Waals surface area contributed by atoms with Crippen LogP contribution in [-0.4, -0.2) is 33.5 Å². The van der Waals surface area contributed by atoms with E-state index in [0.29, 0.717) is 30.2 Å². The summed E-state index contributed by atoms with van der Waals surface area (Å²) in [6.45, 7) is 0.624. The number of rotatable bonds is 6. The zero-order chi connectivity index (χ0) is 20.2. The second-order valence-corrected chi connectivity index (χ2v) is 7.33. The molecule has 1 aliphatic rings. The molecule has 6 nitrogen and oxygen atoms in total. The van der Waals surface area contributed by atoms with Gasteiger partial charge >= 0.3 is 0 Å². The molecule has 4 rings (SSSR count). The molecule has 1 saturated heterocycles. The van der Waals surface area contributed by atoms with E-state index in [2.05, 4.69) is 10.1 Å². The molecular formula is C22H24ClFN4O2. The zero-order valence-electron chi connectivity index (χ0n) is 16.4. The van der Waals surface area contributed by atoms with Crippen molar-refractivity contribution in [3.05, 3.63) is 71.9 Å². The number of amides is 1. The SMILES string of the molecule is Cl.N[C@@H](CC(=O)N1CCC[C@H]1c1nc(-c2ccccc2)no1)Cc1ccccc1F. The Morgan fingerprint density at radius 1 is 1.20 bits per heavy atom. The Morgan fingerprint density at radius 2 is 1.93 bits per heavy atom. The number of hydrogen-bond donors (Lipinski definition) is 1. The summed E-state index contributed by atoms with van der Waals surface area (Å²) in [5.74, 6) is 0.582. The topological polar surface area (TPSA) is 85.3 Å². The second kappa shape index (κ2) is 9.82. The third kappa shape index (κ3) is 4.86. The van der Waals surface area contributed by atoms with Crippen LogP contribution in [-0.2, 0) is 11.2 Å². The first kappa shape index (κ1) is 21.9. The maximum absolute atomic E-state index is 13.8. The van der Waals surface area contributed by atoms with Crippen LogP contribution >= 0.6 is 12.4 Å². The Kier molecular flexibility index (Phi) is 7.18. The van der Waals surface area contributed by atoms with Crippen molar-refractivity contribution in [2.45, 2.75) is 37.8 Å². The van der Waals surface area contributed by atoms with Crippen LogP contribution in [0.25, 0.3) is 11.4 Å². The lowest BCUT2D eigenvalue weighted by atomic mass is 10.0. The Labute approximate surface area is 180 Å². The van der Waals surface area contributed by atoms with Gasteiger partial charge in [-0.25, -0.2) is 4.39 Å². The molecule has 0 spiro atoms. The number of aromatic nitrogens is 2. The summed E-state index contributed by atoms with van der Waals surface area (Å²) in [5, 5.41) is 4.06. The average molecular weight is 431 g/mol. The van der Waals surface area contributed by atoms with Crippen molar-refractivity contribution in [1.29, 1.82) is 0 Å². The first-order chi connectivity index (χ1) is 14.1. The highest BCUT2D eigenvalue weighted by molar-refractivity contribution is 5.85. The minimum Gasteiger partial charge on any atom is -0.337 e. The van der Waals surface area contributed by atoms with Gasteiger partial charge in [0, 0.05) is 24.6 Å². The molecule has 2 heterocycles. The summed E-state index contributed by atoms with van der Waals surface area (Å²) in [6.07, 6.45) is 2.09. The quantitative estimate of drug-likeness (QED) is 0.640. The van der Waals surface area contributed by atoms with E-state index in [1.807, 2.05) is 30.3 Å². The zero-order valence-corrected chi connectivity index (χ0v) is 17.2. The van der Waals surface area contributed by atoms with E-state index in [1.165, 1.54) is 6.07 Å². The summed E-state index contributed by atoms with van der Waals surface area (Å²) >= 11 is 0. The first-order valence-electron chi connectivity index (χ1n) is 9.79. The Hall–Kier alpha value is -2.77. The van der Waals surface area contributed by atoms with Crippen LogP contribution in [0.15, 0.2) is 59.1 Å². The highest BCUT2D eigenvalue weighted by atomic mass is 35.5. The summed E-state index contributed by atoms with van der Waals surface area (Å²) in [6, 6.07) is 15.4. The normalized spacial score (nSPS) is 16.9.